The van der Waals surface area contributed by atoms with E-state index in [4.69, 9.17) is 12.2 Å². The molecule has 0 spiro atoms. The van der Waals surface area contributed by atoms with Gasteiger partial charge in [-0.2, -0.15) is 0 Å². The zero-order chi connectivity index (χ0) is 13.2. The SMILES string of the molecule is O=C([C@H]1CCCN(C(=S)NC2CC2)C1)N1CCCC1. The van der Waals surface area contributed by atoms with Crippen molar-refractivity contribution in [2.45, 2.75) is 44.6 Å². The van der Waals surface area contributed by atoms with Gasteiger partial charge in [0.05, 0.1) is 5.92 Å². The van der Waals surface area contributed by atoms with Gasteiger partial charge in [0, 0.05) is 32.2 Å². The van der Waals surface area contributed by atoms with Gasteiger partial charge in [-0.1, -0.05) is 0 Å². The van der Waals surface area contributed by atoms with E-state index in [2.05, 4.69) is 10.2 Å². The Kier molecular flexibility index (Phi) is 3.91. The summed E-state index contributed by atoms with van der Waals surface area (Å²) >= 11 is 5.45. The molecule has 1 amide bonds. The van der Waals surface area contributed by atoms with E-state index in [-0.39, 0.29) is 5.92 Å². The van der Waals surface area contributed by atoms with E-state index < -0.39 is 0 Å². The lowest BCUT2D eigenvalue weighted by molar-refractivity contribution is -0.135. The monoisotopic (exact) mass is 281 g/mol. The molecule has 3 rings (SSSR count). The van der Waals surface area contributed by atoms with Crippen molar-refractivity contribution in [1.29, 1.82) is 0 Å². The second kappa shape index (κ2) is 5.65. The van der Waals surface area contributed by atoms with Crippen molar-refractivity contribution in [3.05, 3.63) is 0 Å². The number of nitrogens with one attached hydrogen (secondary N) is 1. The second-order valence-corrected chi connectivity index (χ2v) is 6.43. The lowest BCUT2D eigenvalue weighted by Gasteiger charge is -2.35. The Bertz CT molecular complexity index is 364. The van der Waals surface area contributed by atoms with Crippen molar-refractivity contribution in [3.63, 3.8) is 0 Å². The molecule has 2 saturated heterocycles. The Balaban J connectivity index is 1.54. The van der Waals surface area contributed by atoms with E-state index in [0.717, 1.165) is 44.1 Å². The predicted octanol–water partition coefficient (Wildman–Crippen LogP) is 1.36. The Morgan fingerprint density at radius 1 is 1.00 bits per heavy atom. The summed E-state index contributed by atoms with van der Waals surface area (Å²) in [6, 6.07) is 0.599. The van der Waals surface area contributed by atoms with Crippen LogP contribution in [0.5, 0.6) is 0 Å². The molecule has 3 fully saturated rings. The van der Waals surface area contributed by atoms with Gasteiger partial charge < -0.3 is 15.1 Å². The average Bonchev–Trinajstić information content (AvgIpc) is 3.08. The van der Waals surface area contributed by atoms with E-state index in [1.165, 1.54) is 25.7 Å². The highest BCUT2D eigenvalue weighted by Gasteiger charge is 2.32. The third kappa shape index (κ3) is 3.19. The number of likely N-dealkylation sites (tertiary alicyclic amines) is 2. The molecule has 0 radical (unpaired) electrons. The fourth-order valence-corrected chi connectivity index (χ4v) is 3.38. The number of amides is 1. The molecule has 2 heterocycles. The summed E-state index contributed by atoms with van der Waals surface area (Å²) in [7, 11) is 0. The van der Waals surface area contributed by atoms with Gasteiger partial charge in [0.2, 0.25) is 5.91 Å². The normalized spacial score (nSPS) is 27.5. The summed E-state index contributed by atoms with van der Waals surface area (Å²) in [6.07, 6.45) is 6.93. The van der Waals surface area contributed by atoms with Crippen molar-refractivity contribution in [2.24, 2.45) is 5.92 Å². The Morgan fingerprint density at radius 2 is 1.68 bits per heavy atom. The Morgan fingerprint density at radius 3 is 2.37 bits per heavy atom. The maximum absolute atomic E-state index is 12.4. The van der Waals surface area contributed by atoms with Crippen LogP contribution in [-0.2, 0) is 4.79 Å². The molecule has 19 heavy (non-hydrogen) atoms. The number of nitrogens with zero attached hydrogens (tertiary/aromatic N) is 2. The minimum atomic E-state index is 0.158. The molecule has 1 aliphatic carbocycles. The summed E-state index contributed by atoms with van der Waals surface area (Å²) in [5.74, 6) is 0.516. The molecule has 1 saturated carbocycles. The van der Waals surface area contributed by atoms with Crippen LogP contribution in [0.2, 0.25) is 0 Å². The second-order valence-electron chi connectivity index (χ2n) is 6.04. The minimum absolute atomic E-state index is 0.158. The fourth-order valence-electron chi connectivity index (χ4n) is 3.05. The molecule has 0 aromatic rings. The summed E-state index contributed by atoms with van der Waals surface area (Å²) in [6.45, 7) is 3.73. The van der Waals surface area contributed by atoms with Crippen molar-refractivity contribution in [3.8, 4) is 0 Å². The van der Waals surface area contributed by atoms with Crippen molar-refractivity contribution >= 4 is 23.2 Å². The molecule has 2 aliphatic heterocycles. The van der Waals surface area contributed by atoms with Gasteiger partial charge in [-0.3, -0.25) is 4.79 Å². The maximum Gasteiger partial charge on any atom is 0.227 e. The summed E-state index contributed by atoms with van der Waals surface area (Å²) in [4.78, 5) is 16.7. The highest BCUT2D eigenvalue weighted by molar-refractivity contribution is 7.80. The molecule has 1 N–H and O–H groups in total. The molecule has 0 bridgehead atoms. The molecular formula is C14H23N3OS. The molecule has 3 aliphatic rings. The third-order valence-electron chi connectivity index (χ3n) is 4.38. The van der Waals surface area contributed by atoms with Crippen LogP contribution in [0.3, 0.4) is 0 Å². The zero-order valence-electron chi connectivity index (χ0n) is 11.4. The van der Waals surface area contributed by atoms with Gasteiger partial charge in [0.15, 0.2) is 5.11 Å². The van der Waals surface area contributed by atoms with Crippen LogP contribution in [0.4, 0.5) is 0 Å². The van der Waals surface area contributed by atoms with Gasteiger partial charge in [0.25, 0.3) is 0 Å². The van der Waals surface area contributed by atoms with E-state index in [0.29, 0.717) is 11.9 Å². The largest absolute Gasteiger partial charge is 0.360 e. The van der Waals surface area contributed by atoms with Crippen LogP contribution in [-0.4, -0.2) is 53.0 Å². The van der Waals surface area contributed by atoms with Gasteiger partial charge >= 0.3 is 0 Å². The quantitative estimate of drug-likeness (QED) is 0.775. The van der Waals surface area contributed by atoms with E-state index in [1.807, 2.05) is 4.90 Å². The van der Waals surface area contributed by atoms with E-state index >= 15 is 0 Å². The first kappa shape index (κ1) is 13.2. The van der Waals surface area contributed by atoms with Gasteiger partial charge in [-0.05, 0) is 50.7 Å². The summed E-state index contributed by atoms with van der Waals surface area (Å²) < 4.78 is 0. The molecule has 106 valence electrons. The van der Waals surface area contributed by atoms with Crippen LogP contribution in [0.25, 0.3) is 0 Å². The van der Waals surface area contributed by atoms with E-state index in [9.17, 15) is 4.79 Å². The number of thiocarbonyl (C=S) groups is 1. The first-order chi connectivity index (χ1) is 9.24. The van der Waals surface area contributed by atoms with E-state index in [1.54, 1.807) is 0 Å². The summed E-state index contributed by atoms with van der Waals surface area (Å²) in [5.41, 5.74) is 0. The number of hydrogen-bond acceptors (Lipinski definition) is 2. The fraction of sp³-hybridized carbons (Fsp3) is 0.857. The Labute approximate surface area is 120 Å². The van der Waals surface area contributed by atoms with Crippen LogP contribution >= 0.6 is 12.2 Å². The minimum Gasteiger partial charge on any atom is -0.360 e. The van der Waals surface area contributed by atoms with Gasteiger partial charge in [0.1, 0.15) is 0 Å². The molecule has 5 heteroatoms. The van der Waals surface area contributed by atoms with Crippen LogP contribution in [0.1, 0.15) is 38.5 Å². The molecular weight excluding hydrogens is 258 g/mol. The maximum atomic E-state index is 12.4. The number of piperidine rings is 1. The lowest BCUT2D eigenvalue weighted by Crippen LogP contribution is -2.49. The number of carbonyl (C=O) groups excluding carboxylic acids is 1. The van der Waals surface area contributed by atoms with Gasteiger partial charge in [-0.15, -0.1) is 0 Å². The standard InChI is InChI=1S/C14H23N3OS/c18-13(16-7-1-2-8-16)11-4-3-9-17(10-11)14(19)15-12-5-6-12/h11-12H,1-10H2,(H,15,19)/t11-/m0/s1. The zero-order valence-corrected chi connectivity index (χ0v) is 12.3. The molecule has 0 unspecified atom stereocenters. The van der Waals surface area contributed by atoms with Crippen molar-refractivity contribution < 1.29 is 4.79 Å². The summed E-state index contributed by atoms with van der Waals surface area (Å²) in [5, 5.41) is 4.25. The Hall–Kier alpha value is -0.840. The molecule has 0 aromatic heterocycles. The van der Waals surface area contributed by atoms with Crippen LogP contribution in [0.15, 0.2) is 0 Å². The van der Waals surface area contributed by atoms with Crippen LogP contribution in [0, 0.1) is 5.92 Å². The number of rotatable bonds is 2. The number of carbonyl (C=O) groups is 1. The third-order valence-corrected chi connectivity index (χ3v) is 4.76. The lowest BCUT2D eigenvalue weighted by atomic mass is 9.97. The highest BCUT2D eigenvalue weighted by atomic mass is 32.1. The first-order valence-corrected chi connectivity index (χ1v) is 7.99. The first-order valence-electron chi connectivity index (χ1n) is 7.58. The molecule has 4 nitrogen and oxygen atoms in total. The van der Waals surface area contributed by atoms with Crippen molar-refractivity contribution in [2.75, 3.05) is 26.2 Å². The van der Waals surface area contributed by atoms with Crippen LogP contribution < -0.4 is 5.32 Å². The predicted molar refractivity (Wildman–Crippen MR) is 78.9 cm³/mol. The average molecular weight is 281 g/mol. The number of hydrogen-bond donors (Lipinski definition) is 1. The molecule has 1 atom stereocenters. The van der Waals surface area contributed by atoms with Gasteiger partial charge in [-0.25, -0.2) is 0 Å². The molecule has 0 aromatic carbocycles. The van der Waals surface area contributed by atoms with Crippen molar-refractivity contribution in [1.82, 2.24) is 15.1 Å². The smallest absolute Gasteiger partial charge is 0.227 e. The topological polar surface area (TPSA) is 35.6 Å². The highest BCUT2D eigenvalue weighted by Crippen LogP contribution is 2.23.